The van der Waals surface area contributed by atoms with Gasteiger partial charge in [-0.15, -0.1) is 0 Å². The molecule has 10 heteroatoms. The SMILES string of the molecule is COC1(c2cc(F)cc(F)c2)CCN(C(=O)OC(C)(C)C)C1.COC1(c2cc(F)cc(F)c2)CCNC1. The van der Waals surface area contributed by atoms with Crippen LogP contribution in [0.2, 0.25) is 0 Å². The first kappa shape index (κ1) is 28.9. The second-order valence-electron chi connectivity index (χ2n) is 10.3. The summed E-state index contributed by atoms with van der Waals surface area (Å²) in [5.74, 6) is -2.45. The molecule has 2 saturated heterocycles. The van der Waals surface area contributed by atoms with Crippen molar-refractivity contribution >= 4 is 6.09 Å². The van der Waals surface area contributed by atoms with Crippen LogP contribution >= 0.6 is 0 Å². The van der Waals surface area contributed by atoms with E-state index in [9.17, 15) is 22.4 Å². The third kappa shape index (κ3) is 7.00. The van der Waals surface area contributed by atoms with Crippen LogP contribution in [0.1, 0.15) is 44.7 Å². The molecule has 2 heterocycles. The molecule has 2 aromatic rings. The predicted octanol–water partition coefficient (Wildman–Crippen LogP) is 5.25. The Hall–Kier alpha value is -2.69. The van der Waals surface area contributed by atoms with E-state index in [0.29, 0.717) is 30.6 Å². The molecule has 2 fully saturated rings. The topological polar surface area (TPSA) is 60.0 Å². The first-order chi connectivity index (χ1) is 17.3. The van der Waals surface area contributed by atoms with Gasteiger partial charge in [0.1, 0.15) is 40.1 Å². The Balaban J connectivity index is 0.000000220. The van der Waals surface area contributed by atoms with Crippen LogP contribution in [-0.2, 0) is 25.4 Å². The highest BCUT2D eigenvalue weighted by Gasteiger charge is 2.43. The van der Waals surface area contributed by atoms with E-state index in [1.54, 1.807) is 27.9 Å². The van der Waals surface area contributed by atoms with Crippen LogP contribution in [-0.4, -0.2) is 57.0 Å². The van der Waals surface area contributed by atoms with Crippen molar-refractivity contribution in [3.05, 3.63) is 70.8 Å². The molecule has 0 radical (unpaired) electrons. The van der Waals surface area contributed by atoms with Gasteiger partial charge in [0.05, 0.1) is 6.54 Å². The molecule has 2 aliphatic rings. The summed E-state index contributed by atoms with van der Waals surface area (Å²) in [5.41, 5.74) is -1.14. The van der Waals surface area contributed by atoms with E-state index >= 15 is 0 Å². The quantitative estimate of drug-likeness (QED) is 0.552. The molecular formula is C27H34F4N2O4. The van der Waals surface area contributed by atoms with Gasteiger partial charge in [-0.25, -0.2) is 22.4 Å². The van der Waals surface area contributed by atoms with E-state index in [4.69, 9.17) is 14.2 Å². The summed E-state index contributed by atoms with van der Waals surface area (Å²) in [5, 5.41) is 3.13. The standard InChI is InChI=1S/C16H21F2NO3.C11H13F2NO/c1-15(2,3)22-14(20)19-6-5-16(10-19,21-4)11-7-12(17)9-13(18)8-11;1-15-11(2-3-14-7-11)8-4-9(12)6-10(13)5-8/h7-9H,5-6,10H2,1-4H3;4-6,14H,2-3,7H2,1H3. The molecule has 2 unspecified atom stereocenters. The molecule has 37 heavy (non-hydrogen) atoms. The van der Waals surface area contributed by atoms with Crippen molar-refractivity contribution in [2.45, 2.75) is 50.4 Å². The smallest absolute Gasteiger partial charge is 0.410 e. The molecule has 2 aliphatic heterocycles. The number of halogens is 4. The third-order valence-corrected chi connectivity index (χ3v) is 6.56. The van der Waals surface area contributed by atoms with Gasteiger partial charge >= 0.3 is 6.09 Å². The summed E-state index contributed by atoms with van der Waals surface area (Å²) < 4.78 is 69.3. The lowest BCUT2D eigenvalue weighted by molar-refractivity contribution is -0.0134. The van der Waals surface area contributed by atoms with Gasteiger partial charge in [0.25, 0.3) is 0 Å². The maximum absolute atomic E-state index is 13.5. The average Bonchev–Trinajstić information content (AvgIpc) is 3.46. The summed E-state index contributed by atoms with van der Waals surface area (Å²) in [6, 6.07) is 6.83. The number of amides is 1. The summed E-state index contributed by atoms with van der Waals surface area (Å²) in [4.78, 5) is 13.6. The molecule has 2 atom stereocenters. The van der Waals surface area contributed by atoms with Gasteiger partial charge < -0.3 is 24.4 Å². The first-order valence-electron chi connectivity index (χ1n) is 12.0. The van der Waals surface area contributed by atoms with Crippen LogP contribution in [0.15, 0.2) is 36.4 Å². The number of carbonyl (C=O) groups excluding carboxylic acids is 1. The summed E-state index contributed by atoms with van der Waals surface area (Å²) >= 11 is 0. The molecule has 204 valence electrons. The molecule has 1 amide bonds. The number of ether oxygens (including phenoxy) is 3. The van der Waals surface area contributed by atoms with E-state index in [0.717, 1.165) is 25.1 Å². The normalized spacial score (nSPS) is 23.5. The molecule has 1 N–H and O–H groups in total. The number of benzene rings is 2. The third-order valence-electron chi connectivity index (χ3n) is 6.56. The fraction of sp³-hybridized carbons (Fsp3) is 0.519. The van der Waals surface area contributed by atoms with Gasteiger partial charge in [0.2, 0.25) is 0 Å². The summed E-state index contributed by atoms with van der Waals surface area (Å²) in [6.07, 6.45) is 0.723. The minimum absolute atomic E-state index is 0.196. The van der Waals surface area contributed by atoms with Crippen LogP contribution in [0.4, 0.5) is 22.4 Å². The molecule has 0 aromatic heterocycles. The Labute approximate surface area is 214 Å². The van der Waals surface area contributed by atoms with Crippen molar-refractivity contribution in [1.82, 2.24) is 10.2 Å². The van der Waals surface area contributed by atoms with Gasteiger partial charge in [-0.3, -0.25) is 0 Å². The zero-order valence-corrected chi connectivity index (χ0v) is 21.8. The van der Waals surface area contributed by atoms with Crippen LogP contribution in [0.3, 0.4) is 0 Å². The van der Waals surface area contributed by atoms with Crippen molar-refractivity contribution in [1.29, 1.82) is 0 Å². The van der Waals surface area contributed by atoms with Crippen molar-refractivity contribution in [2.75, 3.05) is 40.4 Å². The Morgan fingerprint density at radius 3 is 1.73 bits per heavy atom. The lowest BCUT2D eigenvalue weighted by Crippen LogP contribution is -2.39. The number of carbonyl (C=O) groups is 1. The first-order valence-corrected chi connectivity index (χ1v) is 12.0. The van der Waals surface area contributed by atoms with E-state index in [1.165, 1.54) is 36.3 Å². The molecule has 4 rings (SSSR count). The van der Waals surface area contributed by atoms with E-state index < -0.39 is 46.2 Å². The Morgan fingerprint density at radius 2 is 1.32 bits per heavy atom. The Bertz CT molecular complexity index is 1060. The molecule has 0 bridgehead atoms. The van der Waals surface area contributed by atoms with Crippen LogP contribution in [0, 0.1) is 23.3 Å². The number of hydrogen-bond acceptors (Lipinski definition) is 5. The second-order valence-corrected chi connectivity index (χ2v) is 10.3. The molecule has 0 spiro atoms. The van der Waals surface area contributed by atoms with Crippen LogP contribution in [0.5, 0.6) is 0 Å². The monoisotopic (exact) mass is 526 g/mol. The van der Waals surface area contributed by atoms with Gasteiger partial charge in [0, 0.05) is 45.9 Å². The molecule has 0 aliphatic carbocycles. The van der Waals surface area contributed by atoms with Gasteiger partial charge in [-0.05, 0) is 69.1 Å². The largest absolute Gasteiger partial charge is 0.444 e. The minimum Gasteiger partial charge on any atom is -0.444 e. The number of nitrogens with one attached hydrogen (secondary N) is 1. The van der Waals surface area contributed by atoms with E-state index in [-0.39, 0.29) is 6.54 Å². The highest BCUT2D eigenvalue weighted by molar-refractivity contribution is 5.68. The summed E-state index contributed by atoms with van der Waals surface area (Å²) in [7, 11) is 3.04. The number of nitrogens with zero attached hydrogens (tertiary/aromatic N) is 1. The lowest BCUT2D eigenvalue weighted by atomic mass is 9.92. The molecule has 2 aromatic carbocycles. The fourth-order valence-corrected chi connectivity index (χ4v) is 4.63. The highest BCUT2D eigenvalue weighted by Crippen LogP contribution is 2.37. The van der Waals surface area contributed by atoms with Crippen molar-refractivity contribution in [3.63, 3.8) is 0 Å². The Kier molecular flexibility index (Phi) is 8.87. The second kappa shape index (κ2) is 11.4. The maximum atomic E-state index is 13.5. The summed E-state index contributed by atoms with van der Waals surface area (Å²) in [6.45, 7) is 7.34. The van der Waals surface area contributed by atoms with Crippen molar-refractivity contribution in [2.24, 2.45) is 0 Å². The molecular weight excluding hydrogens is 492 g/mol. The van der Waals surface area contributed by atoms with Crippen LogP contribution in [0.25, 0.3) is 0 Å². The maximum Gasteiger partial charge on any atom is 0.410 e. The minimum atomic E-state index is -0.917. The van der Waals surface area contributed by atoms with Gasteiger partial charge in [-0.1, -0.05) is 0 Å². The number of methoxy groups -OCH3 is 2. The van der Waals surface area contributed by atoms with Crippen molar-refractivity contribution in [3.8, 4) is 0 Å². The number of rotatable bonds is 4. The lowest BCUT2D eigenvalue weighted by Gasteiger charge is -2.29. The Morgan fingerprint density at radius 1 is 0.838 bits per heavy atom. The van der Waals surface area contributed by atoms with Gasteiger partial charge in [-0.2, -0.15) is 0 Å². The van der Waals surface area contributed by atoms with Crippen molar-refractivity contribution < 1.29 is 36.6 Å². The van der Waals surface area contributed by atoms with E-state index in [1.807, 2.05) is 0 Å². The number of hydrogen-bond donors (Lipinski definition) is 1. The van der Waals surface area contributed by atoms with Gasteiger partial charge in [0.15, 0.2) is 0 Å². The average molecular weight is 527 g/mol. The van der Waals surface area contributed by atoms with Crippen LogP contribution < -0.4 is 5.32 Å². The van der Waals surface area contributed by atoms with E-state index in [2.05, 4.69) is 5.32 Å². The fourth-order valence-electron chi connectivity index (χ4n) is 4.63. The zero-order valence-electron chi connectivity index (χ0n) is 21.8. The highest BCUT2D eigenvalue weighted by atomic mass is 19.1. The zero-order chi connectivity index (χ0) is 27.4. The molecule has 6 nitrogen and oxygen atoms in total. The molecule has 0 saturated carbocycles. The predicted molar refractivity (Wildman–Crippen MR) is 130 cm³/mol. The number of likely N-dealkylation sites (tertiary alicyclic amines) is 1.